The number of halogens is 3. The van der Waals surface area contributed by atoms with Gasteiger partial charge in [-0.05, 0) is 35.9 Å². The Kier molecular flexibility index (Phi) is 6.02. The lowest BCUT2D eigenvalue weighted by Gasteiger charge is -2.19. The third-order valence-corrected chi connectivity index (χ3v) is 5.09. The van der Waals surface area contributed by atoms with Gasteiger partial charge in [0.25, 0.3) is 11.8 Å². The first-order valence-electron chi connectivity index (χ1n) is 10.2. The molecule has 0 spiro atoms. The molecule has 0 saturated heterocycles. The fourth-order valence-corrected chi connectivity index (χ4v) is 3.58. The minimum Gasteiger partial charge on any atom is -0.406 e. The molecule has 3 aromatic carbocycles. The van der Waals surface area contributed by atoms with Crippen LogP contribution >= 0.6 is 0 Å². The molecule has 0 bridgehead atoms. The number of anilines is 3. The maximum Gasteiger partial charge on any atom is 0.573 e. The highest BCUT2D eigenvalue weighted by Gasteiger charge is 2.40. The van der Waals surface area contributed by atoms with Crippen LogP contribution < -0.4 is 19.9 Å². The molecule has 1 heterocycles. The van der Waals surface area contributed by atoms with Gasteiger partial charge in [-0.25, -0.2) is 4.90 Å². The van der Waals surface area contributed by atoms with Crippen molar-refractivity contribution in [3.8, 4) is 5.75 Å². The van der Waals surface area contributed by atoms with Crippen LogP contribution in [0.5, 0.6) is 5.75 Å². The topological polar surface area (TPSA) is 61.9 Å². The second-order valence-corrected chi connectivity index (χ2v) is 7.68. The van der Waals surface area contributed by atoms with E-state index in [4.69, 9.17) is 0 Å². The summed E-state index contributed by atoms with van der Waals surface area (Å²) in [6.07, 6.45) is -4.86. The molecule has 174 valence electrons. The average Bonchev–Trinajstić information content (AvgIpc) is 3.02. The van der Waals surface area contributed by atoms with Crippen molar-refractivity contribution in [2.75, 3.05) is 29.2 Å². The number of carbonyl (C=O) groups is 2. The Morgan fingerprint density at radius 2 is 1.56 bits per heavy atom. The van der Waals surface area contributed by atoms with Crippen molar-refractivity contribution in [2.24, 2.45) is 0 Å². The summed E-state index contributed by atoms with van der Waals surface area (Å²) in [6, 6.07) is 20.6. The Morgan fingerprint density at radius 3 is 2.24 bits per heavy atom. The Labute approximate surface area is 193 Å². The van der Waals surface area contributed by atoms with Crippen molar-refractivity contribution >= 4 is 34.4 Å². The van der Waals surface area contributed by atoms with Crippen LogP contribution in [0.1, 0.15) is 5.56 Å². The molecule has 1 aliphatic rings. The Morgan fingerprint density at radius 1 is 0.853 bits per heavy atom. The number of hydrogen-bond donors (Lipinski definition) is 1. The highest BCUT2D eigenvalue weighted by Crippen LogP contribution is 2.35. The van der Waals surface area contributed by atoms with Gasteiger partial charge < -0.3 is 15.0 Å². The minimum absolute atomic E-state index is 0.0457. The van der Waals surface area contributed by atoms with Gasteiger partial charge in [0, 0.05) is 31.5 Å². The van der Waals surface area contributed by atoms with Crippen LogP contribution in [-0.2, 0) is 9.59 Å². The van der Waals surface area contributed by atoms with E-state index in [2.05, 4.69) is 10.1 Å². The molecule has 2 amide bonds. The molecule has 3 aromatic rings. The first-order chi connectivity index (χ1) is 16.1. The van der Waals surface area contributed by atoms with Crippen molar-refractivity contribution in [3.05, 3.63) is 90.1 Å². The smallest absolute Gasteiger partial charge is 0.406 e. The predicted octanol–water partition coefficient (Wildman–Crippen LogP) is 5.05. The summed E-state index contributed by atoms with van der Waals surface area (Å²) in [5.41, 5.74) is 1.89. The fourth-order valence-electron chi connectivity index (χ4n) is 3.58. The van der Waals surface area contributed by atoms with Crippen LogP contribution in [0.2, 0.25) is 0 Å². The molecule has 6 nitrogen and oxygen atoms in total. The van der Waals surface area contributed by atoms with Crippen molar-refractivity contribution in [1.29, 1.82) is 0 Å². The van der Waals surface area contributed by atoms with Gasteiger partial charge in [-0.2, -0.15) is 0 Å². The number of benzene rings is 3. The lowest BCUT2D eigenvalue weighted by atomic mass is 10.0. The van der Waals surface area contributed by atoms with Gasteiger partial charge in [-0.3, -0.25) is 9.59 Å². The van der Waals surface area contributed by atoms with Crippen LogP contribution in [0.25, 0.3) is 5.57 Å². The van der Waals surface area contributed by atoms with E-state index < -0.39 is 23.9 Å². The summed E-state index contributed by atoms with van der Waals surface area (Å²) < 4.78 is 41.9. The Balaban J connectivity index is 1.76. The third kappa shape index (κ3) is 4.73. The quantitative estimate of drug-likeness (QED) is 0.515. The van der Waals surface area contributed by atoms with E-state index in [1.54, 1.807) is 48.5 Å². The second kappa shape index (κ2) is 8.93. The molecule has 1 aliphatic heterocycles. The Bertz CT molecular complexity index is 1270. The zero-order chi connectivity index (χ0) is 24.5. The molecule has 1 N–H and O–H groups in total. The molecule has 0 fully saturated rings. The van der Waals surface area contributed by atoms with Crippen molar-refractivity contribution in [1.82, 2.24) is 0 Å². The Hall–Kier alpha value is -4.27. The van der Waals surface area contributed by atoms with Crippen LogP contribution in [0, 0.1) is 0 Å². The summed E-state index contributed by atoms with van der Waals surface area (Å²) in [4.78, 5) is 29.8. The molecule has 34 heavy (non-hydrogen) atoms. The molecule has 4 rings (SSSR count). The lowest BCUT2D eigenvalue weighted by molar-refractivity contribution is -0.274. The molecule has 9 heteroatoms. The highest BCUT2D eigenvalue weighted by atomic mass is 19.4. The van der Waals surface area contributed by atoms with Gasteiger partial charge in [-0.1, -0.05) is 42.5 Å². The number of alkyl halides is 3. The fraction of sp³-hybridized carbons (Fsp3) is 0.120. The summed E-state index contributed by atoms with van der Waals surface area (Å²) in [7, 11) is 3.67. The van der Waals surface area contributed by atoms with Gasteiger partial charge in [0.1, 0.15) is 11.4 Å². The van der Waals surface area contributed by atoms with E-state index in [-0.39, 0.29) is 17.0 Å². The van der Waals surface area contributed by atoms with E-state index in [1.165, 1.54) is 12.1 Å². The first kappa shape index (κ1) is 22.9. The van der Waals surface area contributed by atoms with E-state index in [9.17, 15) is 22.8 Å². The van der Waals surface area contributed by atoms with Gasteiger partial charge in [0.05, 0.1) is 11.3 Å². The molecule has 0 aliphatic carbocycles. The van der Waals surface area contributed by atoms with Gasteiger partial charge >= 0.3 is 6.36 Å². The lowest BCUT2D eigenvalue weighted by Crippen LogP contribution is -2.32. The summed E-state index contributed by atoms with van der Waals surface area (Å²) in [5, 5.41) is 2.84. The number of nitrogens with zero attached hydrogens (tertiary/aromatic N) is 2. The molecule has 0 atom stereocenters. The van der Waals surface area contributed by atoms with Gasteiger partial charge in [-0.15, -0.1) is 13.2 Å². The zero-order valence-corrected chi connectivity index (χ0v) is 18.3. The van der Waals surface area contributed by atoms with E-state index in [1.807, 2.05) is 25.1 Å². The van der Waals surface area contributed by atoms with Gasteiger partial charge in [0.15, 0.2) is 0 Å². The largest absolute Gasteiger partial charge is 0.573 e. The maximum atomic E-state index is 13.5. The molecular formula is C25H20F3N3O3. The summed E-state index contributed by atoms with van der Waals surface area (Å²) in [5.74, 6) is -1.62. The number of amides is 2. The predicted molar refractivity (Wildman–Crippen MR) is 123 cm³/mol. The van der Waals surface area contributed by atoms with Crippen molar-refractivity contribution in [3.63, 3.8) is 0 Å². The highest BCUT2D eigenvalue weighted by molar-refractivity contribution is 6.46. The van der Waals surface area contributed by atoms with Crippen LogP contribution in [0.15, 0.2) is 84.6 Å². The average molecular weight is 467 g/mol. The third-order valence-electron chi connectivity index (χ3n) is 5.09. The molecular weight excluding hydrogens is 447 g/mol. The van der Waals surface area contributed by atoms with Crippen LogP contribution in [0.3, 0.4) is 0 Å². The number of imide groups is 1. The standard InChI is InChI=1S/C25H20F3N3O3/c1-30(2)18-11-7-12-19(15-18)31-23(32)21(16-8-4-3-5-9-16)22(24(31)33)29-17-10-6-13-20(14-17)34-25(26,27)28/h3-15,29H,1-2H3. The summed E-state index contributed by atoms with van der Waals surface area (Å²) in [6.45, 7) is 0. The summed E-state index contributed by atoms with van der Waals surface area (Å²) >= 11 is 0. The molecule has 0 saturated carbocycles. The number of nitrogens with one attached hydrogen (secondary N) is 1. The SMILES string of the molecule is CN(C)c1cccc(N2C(=O)C(Nc3cccc(OC(F)(F)F)c3)=C(c3ccccc3)C2=O)c1. The molecule has 0 aromatic heterocycles. The van der Waals surface area contributed by atoms with E-state index in [0.717, 1.165) is 22.7 Å². The number of rotatable bonds is 6. The second-order valence-electron chi connectivity index (χ2n) is 7.68. The van der Waals surface area contributed by atoms with Gasteiger partial charge in [0.2, 0.25) is 0 Å². The van der Waals surface area contributed by atoms with Crippen LogP contribution in [0.4, 0.5) is 30.2 Å². The number of carbonyl (C=O) groups excluding carboxylic acids is 2. The van der Waals surface area contributed by atoms with Crippen LogP contribution in [-0.4, -0.2) is 32.3 Å². The molecule has 0 unspecified atom stereocenters. The monoisotopic (exact) mass is 467 g/mol. The maximum absolute atomic E-state index is 13.5. The van der Waals surface area contributed by atoms with E-state index >= 15 is 0 Å². The number of ether oxygens (including phenoxy) is 1. The molecule has 0 radical (unpaired) electrons. The first-order valence-corrected chi connectivity index (χ1v) is 10.2. The number of hydrogen-bond acceptors (Lipinski definition) is 5. The van der Waals surface area contributed by atoms with Crippen molar-refractivity contribution < 1.29 is 27.5 Å². The zero-order valence-electron chi connectivity index (χ0n) is 18.3. The van der Waals surface area contributed by atoms with Crippen molar-refractivity contribution in [2.45, 2.75) is 6.36 Å². The van der Waals surface area contributed by atoms with E-state index in [0.29, 0.717) is 11.3 Å². The normalized spacial score (nSPS) is 14.0. The minimum atomic E-state index is -4.86.